The van der Waals surface area contributed by atoms with E-state index in [1.165, 1.54) is 19.3 Å². The standard InChI is InChI=1S/C11H20N2O2/c1-3-4-5-6-7-8-11(2)9(14)12-10(15)13-11/h3-8H2,1-2H3,(H2,12,13,14,15)/t11-/m1/s1. The van der Waals surface area contributed by atoms with Gasteiger partial charge in [-0.2, -0.15) is 0 Å². The number of imide groups is 1. The molecule has 4 nitrogen and oxygen atoms in total. The fraction of sp³-hybridized carbons (Fsp3) is 0.818. The molecule has 2 N–H and O–H groups in total. The molecule has 0 saturated carbocycles. The van der Waals surface area contributed by atoms with Crippen molar-refractivity contribution in [2.45, 2.75) is 57.9 Å². The van der Waals surface area contributed by atoms with E-state index in [4.69, 9.17) is 0 Å². The molecule has 1 aliphatic rings. The minimum Gasteiger partial charge on any atom is -0.324 e. The molecular formula is C11H20N2O2. The van der Waals surface area contributed by atoms with Gasteiger partial charge in [-0.25, -0.2) is 4.79 Å². The Kier molecular flexibility index (Phi) is 4.12. The second kappa shape index (κ2) is 5.14. The van der Waals surface area contributed by atoms with E-state index in [1.54, 1.807) is 6.92 Å². The largest absolute Gasteiger partial charge is 0.324 e. The van der Waals surface area contributed by atoms with Crippen molar-refractivity contribution in [1.29, 1.82) is 0 Å². The Balaban J connectivity index is 2.25. The van der Waals surface area contributed by atoms with Gasteiger partial charge < -0.3 is 5.32 Å². The van der Waals surface area contributed by atoms with Gasteiger partial charge in [0.1, 0.15) is 5.54 Å². The lowest BCUT2D eigenvalue weighted by Crippen LogP contribution is -2.43. The maximum absolute atomic E-state index is 11.4. The minimum absolute atomic E-state index is 0.192. The maximum Gasteiger partial charge on any atom is 0.322 e. The van der Waals surface area contributed by atoms with E-state index in [1.807, 2.05) is 0 Å². The highest BCUT2D eigenvalue weighted by Gasteiger charge is 2.40. The monoisotopic (exact) mass is 212 g/mol. The lowest BCUT2D eigenvalue weighted by molar-refractivity contribution is -0.123. The summed E-state index contributed by atoms with van der Waals surface area (Å²) in [4.78, 5) is 22.4. The van der Waals surface area contributed by atoms with Crippen molar-refractivity contribution in [2.24, 2.45) is 0 Å². The molecule has 0 unspecified atom stereocenters. The summed E-state index contributed by atoms with van der Waals surface area (Å²) in [6.07, 6.45) is 6.52. The highest BCUT2D eigenvalue weighted by molar-refractivity contribution is 6.06. The number of hydrogen-bond donors (Lipinski definition) is 2. The number of unbranched alkanes of at least 4 members (excludes halogenated alkanes) is 4. The van der Waals surface area contributed by atoms with Gasteiger partial charge in [-0.3, -0.25) is 10.1 Å². The molecule has 0 aromatic carbocycles. The number of carbonyl (C=O) groups excluding carboxylic acids is 2. The van der Waals surface area contributed by atoms with Gasteiger partial charge in [0.05, 0.1) is 0 Å². The molecule has 1 atom stereocenters. The first-order valence-corrected chi connectivity index (χ1v) is 5.72. The van der Waals surface area contributed by atoms with Gasteiger partial charge in [0.15, 0.2) is 0 Å². The van der Waals surface area contributed by atoms with Crippen molar-refractivity contribution in [2.75, 3.05) is 0 Å². The summed E-state index contributed by atoms with van der Waals surface area (Å²) < 4.78 is 0. The van der Waals surface area contributed by atoms with E-state index < -0.39 is 5.54 Å². The zero-order valence-electron chi connectivity index (χ0n) is 9.56. The Morgan fingerprint density at radius 3 is 2.33 bits per heavy atom. The summed E-state index contributed by atoms with van der Waals surface area (Å²) in [6, 6.07) is -0.365. The molecule has 1 fully saturated rings. The fourth-order valence-corrected chi connectivity index (χ4v) is 1.84. The third kappa shape index (κ3) is 3.22. The van der Waals surface area contributed by atoms with E-state index in [0.29, 0.717) is 0 Å². The van der Waals surface area contributed by atoms with Gasteiger partial charge in [0, 0.05) is 0 Å². The molecule has 0 aliphatic carbocycles. The van der Waals surface area contributed by atoms with Crippen LogP contribution in [0, 0.1) is 0 Å². The van der Waals surface area contributed by atoms with E-state index in [-0.39, 0.29) is 11.9 Å². The molecule has 15 heavy (non-hydrogen) atoms. The number of rotatable bonds is 6. The highest BCUT2D eigenvalue weighted by atomic mass is 16.2. The van der Waals surface area contributed by atoms with Crippen LogP contribution in [0.4, 0.5) is 4.79 Å². The SMILES string of the molecule is CCCCCCC[C@@]1(C)NC(=O)NC1=O. The van der Waals surface area contributed by atoms with E-state index >= 15 is 0 Å². The molecule has 86 valence electrons. The molecule has 4 heteroatoms. The smallest absolute Gasteiger partial charge is 0.322 e. The third-order valence-corrected chi connectivity index (χ3v) is 2.90. The van der Waals surface area contributed by atoms with Crippen LogP contribution in [0.15, 0.2) is 0 Å². The summed E-state index contributed by atoms with van der Waals surface area (Å²) in [5.74, 6) is -0.192. The van der Waals surface area contributed by atoms with Crippen LogP contribution in [0.2, 0.25) is 0 Å². The average Bonchev–Trinajstić information content (AvgIpc) is 2.41. The first kappa shape index (κ1) is 12.0. The molecule has 1 heterocycles. The van der Waals surface area contributed by atoms with Crippen molar-refractivity contribution >= 4 is 11.9 Å². The molecule has 1 rings (SSSR count). The lowest BCUT2D eigenvalue weighted by Gasteiger charge is -2.19. The normalized spacial score (nSPS) is 25.2. The third-order valence-electron chi connectivity index (χ3n) is 2.90. The predicted molar refractivity (Wildman–Crippen MR) is 58.5 cm³/mol. The quantitative estimate of drug-likeness (QED) is 0.522. The molecule has 0 aromatic rings. The van der Waals surface area contributed by atoms with Crippen molar-refractivity contribution < 1.29 is 9.59 Å². The zero-order chi connectivity index (χ0) is 11.3. The van der Waals surface area contributed by atoms with Crippen LogP contribution in [-0.4, -0.2) is 17.5 Å². The number of nitrogens with one attached hydrogen (secondary N) is 2. The summed E-state index contributed by atoms with van der Waals surface area (Å²) in [5, 5.41) is 4.94. The van der Waals surface area contributed by atoms with Gasteiger partial charge >= 0.3 is 6.03 Å². The van der Waals surface area contributed by atoms with Crippen LogP contribution in [0.5, 0.6) is 0 Å². The van der Waals surface area contributed by atoms with Gasteiger partial charge in [-0.15, -0.1) is 0 Å². The van der Waals surface area contributed by atoms with Crippen LogP contribution in [-0.2, 0) is 4.79 Å². The van der Waals surface area contributed by atoms with Crippen LogP contribution in [0.3, 0.4) is 0 Å². The van der Waals surface area contributed by atoms with Crippen molar-refractivity contribution in [3.63, 3.8) is 0 Å². The zero-order valence-corrected chi connectivity index (χ0v) is 9.56. The lowest BCUT2D eigenvalue weighted by atomic mass is 9.94. The second-order valence-corrected chi connectivity index (χ2v) is 4.40. The highest BCUT2D eigenvalue weighted by Crippen LogP contribution is 2.18. The van der Waals surface area contributed by atoms with Crippen molar-refractivity contribution in [3.05, 3.63) is 0 Å². The maximum atomic E-state index is 11.4. The Labute approximate surface area is 90.8 Å². The summed E-state index contributed by atoms with van der Waals surface area (Å²) in [5.41, 5.74) is -0.677. The van der Waals surface area contributed by atoms with E-state index in [0.717, 1.165) is 19.3 Å². The molecule has 0 spiro atoms. The molecule has 1 aliphatic heterocycles. The van der Waals surface area contributed by atoms with Crippen LogP contribution in [0.25, 0.3) is 0 Å². The Hall–Kier alpha value is -1.06. The Morgan fingerprint density at radius 2 is 1.80 bits per heavy atom. The van der Waals surface area contributed by atoms with E-state index in [9.17, 15) is 9.59 Å². The average molecular weight is 212 g/mol. The number of amides is 3. The minimum atomic E-state index is -0.677. The summed E-state index contributed by atoms with van der Waals surface area (Å²) in [6.45, 7) is 3.96. The fourth-order valence-electron chi connectivity index (χ4n) is 1.84. The Morgan fingerprint density at radius 1 is 1.13 bits per heavy atom. The molecular weight excluding hydrogens is 192 g/mol. The molecule has 3 amide bonds. The summed E-state index contributed by atoms with van der Waals surface area (Å²) >= 11 is 0. The van der Waals surface area contributed by atoms with Gasteiger partial charge in [-0.05, 0) is 13.3 Å². The van der Waals surface area contributed by atoms with Gasteiger partial charge in [0.25, 0.3) is 5.91 Å². The molecule has 0 aromatic heterocycles. The Bertz CT molecular complexity index is 253. The van der Waals surface area contributed by atoms with Crippen LogP contribution < -0.4 is 10.6 Å². The van der Waals surface area contributed by atoms with Crippen LogP contribution in [0.1, 0.15) is 52.4 Å². The van der Waals surface area contributed by atoms with Crippen molar-refractivity contribution in [3.8, 4) is 0 Å². The first-order valence-electron chi connectivity index (χ1n) is 5.72. The molecule has 0 bridgehead atoms. The second-order valence-electron chi connectivity index (χ2n) is 4.40. The topological polar surface area (TPSA) is 58.2 Å². The first-order chi connectivity index (χ1) is 7.08. The van der Waals surface area contributed by atoms with Crippen molar-refractivity contribution in [1.82, 2.24) is 10.6 Å². The molecule has 0 radical (unpaired) electrons. The van der Waals surface area contributed by atoms with Crippen LogP contribution >= 0.6 is 0 Å². The molecule has 1 saturated heterocycles. The van der Waals surface area contributed by atoms with E-state index in [2.05, 4.69) is 17.6 Å². The number of urea groups is 1. The van der Waals surface area contributed by atoms with Gasteiger partial charge in [0.2, 0.25) is 0 Å². The van der Waals surface area contributed by atoms with Gasteiger partial charge in [-0.1, -0.05) is 39.0 Å². The number of carbonyl (C=O) groups is 2. The number of hydrogen-bond acceptors (Lipinski definition) is 2. The summed E-state index contributed by atoms with van der Waals surface area (Å²) in [7, 11) is 0. The predicted octanol–water partition coefficient (Wildman–Crippen LogP) is 1.94.